The highest BCUT2D eigenvalue weighted by Gasteiger charge is 2.02. The van der Waals surface area contributed by atoms with Crippen molar-refractivity contribution in [1.29, 1.82) is 0 Å². The van der Waals surface area contributed by atoms with Crippen molar-refractivity contribution in [2.24, 2.45) is 0 Å². The van der Waals surface area contributed by atoms with E-state index in [0.29, 0.717) is 32.0 Å². The third-order valence-corrected chi connectivity index (χ3v) is 3.18. The number of benzene rings is 1. The summed E-state index contributed by atoms with van der Waals surface area (Å²) in [6.45, 7) is 5.49. The Labute approximate surface area is 136 Å². The van der Waals surface area contributed by atoms with Crippen LogP contribution in [0.25, 0.3) is 0 Å². The molecule has 23 heavy (non-hydrogen) atoms. The Bertz CT molecular complexity index is 609. The van der Waals surface area contributed by atoms with Crippen molar-refractivity contribution in [3.05, 3.63) is 53.7 Å². The monoisotopic (exact) mass is 314 g/mol. The molecule has 0 amide bonds. The SMILES string of the molecule is CCOC(=O)CCNCc1ccc(Oc2ccc(C)cc2)nc1. The van der Waals surface area contributed by atoms with Crippen LogP contribution in [0, 0.1) is 6.92 Å². The Balaban J connectivity index is 1.76. The first kappa shape index (κ1) is 17.0. The molecule has 122 valence electrons. The van der Waals surface area contributed by atoms with Crippen LogP contribution in [0.5, 0.6) is 11.6 Å². The zero-order valence-electron chi connectivity index (χ0n) is 13.5. The Morgan fingerprint density at radius 1 is 1.17 bits per heavy atom. The van der Waals surface area contributed by atoms with Gasteiger partial charge in [0.1, 0.15) is 5.75 Å². The van der Waals surface area contributed by atoms with E-state index in [1.807, 2.05) is 43.3 Å². The lowest BCUT2D eigenvalue weighted by molar-refractivity contribution is -0.142. The van der Waals surface area contributed by atoms with Crippen LogP contribution in [0.2, 0.25) is 0 Å². The minimum absolute atomic E-state index is 0.181. The Morgan fingerprint density at radius 3 is 2.61 bits per heavy atom. The van der Waals surface area contributed by atoms with Gasteiger partial charge < -0.3 is 14.8 Å². The van der Waals surface area contributed by atoms with Crippen molar-refractivity contribution >= 4 is 5.97 Å². The molecule has 0 atom stereocenters. The summed E-state index contributed by atoms with van der Waals surface area (Å²) in [7, 11) is 0. The van der Waals surface area contributed by atoms with Gasteiger partial charge in [0, 0.05) is 25.4 Å². The molecule has 2 aromatic rings. The van der Waals surface area contributed by atoms with E-state index < -0.39 is 0 Å². The molecule has 0 saturated carbocycles. The zero-order valence-corrected chi connectivity index (χ0v) is 13.5. The maximum absolute atomic E-state index is 11.2. The standard InChI is InChI=1S/C18H22N2O3/c1-3-22-18(21)10-11-19-12-15-6-9-17(20-13-15)23-16-7-4-14(2)5-8-16/h4-9,13,19H,3,10-12H2,1-2H3. The fraction of sp³-hybridized carbons (Fsp3) is 0.333. The van der Waals surface area contributed by atoms with Crippen molar-refractivity contribution in [3.63, 3.8) is 0 Å². The number of nitrogens with zero attached hydrogens (tertiary/aromatic N) is 1. The fourth-order valence-corrected chi connectivity index (χ4v) is 1.96. The van der Waals surface area contributed by atoms with E-state index in [4.69, 9.17) is 9.47 Å². The van der Waals surface area contributed by atoms with Gasteiger partial charge >= 0.3 is 5.97 Å². The van der Waals surface area contributed by atoms with Gasteiger partial charge in [0.25, 0.3) is 0 Å². The predicted octanol–water partition coefficient (Wildman–Crippen LogP) is 3.23. The van der Waals surface area contributed by atoms with E-state index in [0.717, 1.165) is 11.3 Å². The highest BCUT2D eigenvalue weighted by Crippen LogP contribution is 2.19. The number of ether oxygens (including phenoxy) is 2. The van der Waals surface area contributed by atoms with Gasteiger partial charge in [0.2, 0.25) is 5.88 Å². The molecular formula is C18H22N2O3. The second-order valence-electron chi connectivity index (χ2n) is 5.15. The first-order chi connectivity index (χ1) is 11.2. The number of esters is 1. The van der Waals surface area contributed by atoms with E-state index in [1.54, 1.807) is 13.1 Å². The number of nitrogens with one attached hydrogen (secondary N) is 1. The molecule has 0 saturated heterocycles. The number of carbonyl (C=O) groups is 1. The molecular weight excluding hydrogens is 292 g/mol. The lowest BCUT2D eigenvalue weighted by Crippen LogP contribution is -2.19. The fourth-order valence-electron chi connectivity index (χ4n) is 1.96. The zero-order chi connectivity index (χ0) is 16.5. The minimum atomic E-state index is -0.181. The van der Waals surface area contributed by atoms with Gasteiger partial charge in [-0.25, -0.2) is 4.98 Å². The number of aryl methyl sites for hydroxylation is 1. The smallest absolute Gasteiger partial charge is 0.307 e. The summed E-state index contributed by atoms with van der Waals surface area (Å²) >= 11 is 0. The molecule has 0 aliphatic rings. The topological polar surface area (TPSA) is 60.5 Å². The molecule has 0 radical (unpaired) electrons. The molecule has 1 aromatic heterocycles. The van der Waals surface area contributed by atoms with Crippen LogP contribution in [-0.2, 0) is 16.1 Å². The molecule has 0 fully saturated rings. The number of hydrogen-bond acceptors (Lipinski definition) is 5. The van der Waals surface area contributed by atoms with Crippen molar-refractivity contribution in [2.75, 3.05) is 13.2 Å². The molecule has 2 rings (SSSR count). The van der Waals surface area contributed by atoms with Crippen molar-refractivity contribution in [1.82, 2.24) is 10.3 Å². The van der Waals surface area contributed by atoms with Gasteiger partial charge in [-0.1, -0.05) is 23.8 Å². The normalized spacial score (nSPS) is 10.3. The quantitative estimate of drug-likeness (QED) is 0.599. The Hall–Kier alpha value is -2.40. The van der Waals surface area contributed by atoms with E-state index in [1.165, 1.54) is 5.56 Å². The molecule has 0 unspecified atom stereocenters. The first-order valence-corrected chi connectivity index (χ1v) is 7.73. The summed E-state index contributed by atoms with van der Waals surface area (Å²) in [5.74, 6) is 1.15. The van der Waals surface area contributed by atoms with Crippen LogP contribution in [0.3, 0.4) is 0 Å². The maximum atomic E-state index is 11.2. The molecule has 1 heterocycles. The van der Waals surface area contributed by atoms with Gasteiger partial charge in [0.15, 0.2) is 0 Å². The highest BCUT2D eigenvalue weighted by molar-refractivity contribution is 5.69. The van der Waals surface area contributed by atoms with Crippen LogP contribution in [0.1, 0.15) is 24.5 Å². The summed E-state index contributed by atoms with van der Waals surface area (Å²) in [6, 6.07) is 11.6. The molecule has 0 aliphatic carbocycles. The van der Waals surface area contributed by atoms with Crippen LogP contribution in [-0.4, -0.2) is 24.1 Å². The van der Waals surface area contributed by atoms with E-state index in [2.05, 4.69) is 10.3 Å². The van der Waals surface area contributed by atoms with Crippen molar-refractivity contribution < 1.29 is 14.3 Å². The van der Waals surface area contributed by atoms with Gasteiger partial charge in [-0.15, -0.1) is 0 Å². The number of rotatable bonds is 8. The van der Waals surface area contributed by atoms with Crippen LogP contribution >= 0.6 is 0 Å². The van der Waals surface area contributed by atoms with Crippen LogP contribution in [0.15, 0.2) is 42.6 Å². The lowest BCUT2D eigenvalue weighted by Gasteiger charge is -2.07. The lowest BCUT2D eigenvalue weighted by atomic mass is 10.2. The average Bonchev–Trinajstić information content (AvgIpc) is 2.55. The summed E-state index contributed by atoms with van der Waals surface area (Å²) < 4.78 is 10.5. The minimum Gasteiger partial charge on any atom is -0.466 e. The van der Waals surface area contributed by atoms with E-state index in [-0.39, 0.29) is 5.97 Å². The number of hydrogen-bond donors (Lipinski definition) is 1. The molecule has 1 aromatic carbocycles. The molecule has 5 heteroatoms. The van der Waals surface area contributed by atoms with Gasteiger partial charge in [0.05, 0.1) is 13.0 Å². The second kappa shape index (κ2) is 8.90. The van der Waals surface area contributed by atoms with E-state index in [9.17, 15) is 4.79 Å². The highest BCUT2D eigenvalue weighted by atomic mass is 16.5. The van der Waals surface area contributed by atoms with Gasteiger partial charge in [-0.2, -0.15) is 0 Å². The molecule has 5 nitrogen and oxygen atoms in total. The second-order valence-corrected chi connectivity index (χ2v) is 5.15. The Morgan fingerprint density at radius 2 is 1.96 bits per heavy atom. The average molecular weight is 314 g/mol. The van der Waals surface area contributed by atoms with Gasteiger partial charge in [-0.05, 0) is 31.5 Å². The van der Waals surface area contributed by atoms with E-state index >= 15 is 0 Å². The molecule has 0 spiro atoms. The first-order valence-electron chi connectivity index (χ1n) is 7.73. The molecule has 0 aliphatic heterocycles. The maximum Gasteiger partial charge on any atom is 0.307 e. The number of pyridine rings is 1. The number of aromatic nitrogens is 1. The largest absolute Gasteiger partial charge is 0.466 e. The third-order valence-electron chi connectivity index (χ3n) is 3.18. The van der Waals surface area contributed by atoms with Crippen LogP contribution < -0.4 is 10.1 Å². The summed E-state index contributed by atoms with van der Waals surface area (Å²) in [5.41, 5.74) is 2.22. The predicted molar refractivity (Wildman–Crippen MR) is 88.4 cm³/mol. The Kier molecular flexibility index (Phi) is 6.56. The third kappa shape index (κ3) is 6.08. The summed E-state index contributed by atoms with van der Waals surface area (Å²) in [6.07, 6.45) is 2.14. The molecule has 0 bridgehead atoms. The van der Waals surface area contributed by atoms with Crippen LogP contribution in [0.4, 0.5) is 0 Å². The summed E-state index contributed by atoms with van der Waals surface area (Å²) in [4.78, 5) is 15.5. The van der Waals surface area contributed by atoms with Crippen molar-refractivity contribution in [3.8, 4) is 11.6 Å². The van der Waals surface area contributed by atoms with Gasteiger partial charge in [-0.3, -0.25) is 4.79 Å². The summed E-state index contributed by atoms with van der Waals surface area (Å²) in [5, 5.41) is 3.18. The molecule has 1 N–H and O–H groups in total. The number of carbonyl (C=O) groups excluding carboxylic acids is 1. The van der Waals surface area contributed by atoms with Crippen molar-refractivity contribution in [2.45, 2.75) is 26.8 Å².